The summed E-state index contributed by atoms with van der Waals surface area (Å²) in [6, 6.07) is 5.55. The molecule has 0 saturated heterocycles. The molecule has 2 rings (SSSR count). The van der Waals surface area contributed by atoms with Crippen molar-refractivity contribution < 1.29 is 22.6 Å². The maximum atomic E-state index is 12.2. The van der Waals surface area contributed by atoms with Crippen molar-refractivity contribution in [3.63, 3.8) is 0 Å². The SMILES string of the molecule is CCNC(=NCc1ccc2c(c1)OCCCO2)NCCC(F)(F)F. The number of nitrogens with one attached hydrogen (secondary N) is 2. The Hall–Kier alpha value is -2.12. The molecule has 2 N–H and O–H groups in total. The van der Waals surface area contributed by atoms with Gasteiger partial charge in [0.25, 0.3) is 0 Å². The van der Waals surface area contributed by atoms with Gasteiger partial charge in [-0.3, -0.25) is 0 Å². The monoisotopic (exact) mass is 345 g/mol. The number of benzene rings is 1. The summed E-state index contributed by atoms with van der Waals surface area (Å²) in [5.74, 6) is 1.74. The topological polar surface area (TPSA) is 54.9 Å². The fourth-order valence-electron chi connectivity index (χ4n) is 2.14. The lowest BCUT2D eigenvalue weighted by molar-refractivity contribution is -0.132. The van der Waals surface area contributed by atoms with Crippen molar-refractivity contribution in [2.24, 2.45) is 4.99 Å². The molecule has 1 aliphatic rings. The van der Waals surface area contributed by atoms with Gasteiger partial charge in [0, 0.05) is 19.5 Å². The molecule has 134 valence electrons. The van der Waals surface area contributed by atoms with Crippen LogP contribution < -0.4 is 20.1 Å². The number of fused-ring (bicyclic) bond motifs is 1. The van der Waals surface area contributed by atoms with Gasteiger partial charge in [-0.2, -0.15) is 13.2 Å². The molecule has 0 amide bonds. The van der Waals surface area contributed by atoms with Crippen LogP contribution in [-0.2, 0) is 6.54 Å². The predicted molar refractivity (Wildman–Crippen MR) is 85.5 cm³/mol. The molecule has 0 aliphatic carbocycles. The maximum Gasteiger partial charge on any atom is 0.390 e. The highest BCUT2D eigenvalue weighted by molar-refractivity contribution is 5.79. The summed E-state index contributed by atoms with van der Waals surface area (Å²) in [6.45, 7) is 3.77. The van der Waals surface area contributed by atoms with Gasteiger partial charge in [0.05, 0.1) is 26.2 Å². The molecular formula is C16H22F3N3O2. The highest BCUT2D eigenvalue weighted by Crippen LogP contribution is 2.30. The van der Waals surface area contributed by atoms with Crippen LogP contribution in [0.2, 0.25) is 0 Å². The molecule has 0 bridgehead atoms. The van der Waals surface area contributed by atoms with Crippen LogP contribution in [0.1, 0.15) is 25.3 Å². The van der Waals surface area contributed by atoms with Crippen LogP contribution >= 0.6 is 0 Å². The highest BCUT2D eigenvalue weighted by atomic mass is 19.4. The van der Waals surface area contributed by atoms with Gasteiger partial charge in [-0.25, -0.2) is 4.99 Å². The number of aliphatic imine (C=N–C) groups is 1. The minimum atomic E-state index is -4.18. The van der Waals surface area contributed by atoms with Crippen LogP contribution in [-0.4, -0.2) is 38.4 Å². The van der Waals surface area contributed by atoms with Crippen molar-refractivity contribution in [3.05, 3.63) is 23.8 Å². The molecule has 24 heavy (non-hydrogen) atoms. The molecule has 0 saturated carbocycles. The molecule has 8 heteroatoms. The third-order valence-electron chi connectivity index (χ3n) is 3.28. The second-order valence-corrected chi connectivity index (χ2v) is 5.32. The second-order valence-electron chi connectivity index (χ2n) is 5.32. The van der Waals surface area contributed by atoms with Gasteiger partial charge in [0.1, 0.15) is 0 Å². The van der Waals surface area contributed by atoms with E-state index in [1.54, 1.807) is 0 Å². The van der Waals surface area contributed by atoms with E-state index in [2.05, 4.69) is 15.6 Å². The Morgan fingerprint density at radius 2 is 1.92 bits per heavy atom. The summed E-state index contributed by atoms with van der Waals surface area (Å²) < 4.78 is 47.8. The Morgan fingerprint density at radius 1 is 1.17 bits per heavy atom. The zero-order chi connectivity index (χ0) is 17.4. The summed E-state index contributed by atoms with van der Waals surface area (Å²) in [4.78, 5) is 4.31. The molecule has 1 aromatic rings. The van der Waals surface area contributed by atoms with Crippen molar-refractivity contribution in [3.8, 4) is 11.5 Å². The Kier molecular flexibility index (Phi) is 6.57. The van der Waals surface area contributed by atoms with Gasteiger partial charge in [-0.15, -0.1) is 0 Å². The van der Waals surface area contributed by atoms with Gasteiger partial charge in [0.15, 0.2) is 17.5 Å². The molecule has 0 radical (unpaired) electrons. The first-order valence-corrected chi connectivity index (χ1v) is 7.95. The average molecular weight is 345 g/mol. The van der Waals surface area contributed by atoms with E-state index in [9.17, 15) is 13.2 Å². The number of nitrogens with zero attached hydrogens (tertiary/aromatic N) is 1. The molecule has 0 fully saturated rings. The van der Waals surface area contributed by atoms with Crippen LogP contribution in [0.3, 0.4) is 0 Å². The standard InChI is InChI=1S/C16H22F3N3O2/c1-2-20-15(21-7-6-16(17,18)19)22-11-12-4-5-13-14(10-12)24-9-3-8-23-13/h4-5,10H,2-3,6-9,11H2,1H3,(H2,20,21,22). The lowest BCUT2D eigenvalue weighted by Crippen LogP contribution is -2.38. The number of ether oxygens (including phenoxy) is 2. The number of halogens is 3. The highest BCUT2D eigenvalue weighted by Gasteiger charge is 2.26. The number of rotatable bonds is 5. The minimum Gasteiger partial charge on any atom is -0.490 e. The Bertz CT molecular complexity index is 562. The molecule has 0 spiro atoms. The van der Waals surface area contributed by atoms with E-state index < -0.39 is 12.6 Å². The maximum absolute atomic E-state index is 12.2. The summed E-state index contributed by atoms with van der Waals surface area (Å²) in [5.41, 5.74) is 0.896. The van der Waals surface area contributed by atoms with Gasteiger partial charge < -0.3 is 20.1 Å². The van der Waals surface area contributed by atoms with Crippen LogP contribution in [0.5, 0.6) is 11.5 Å². The predicted octanol–water partition coefficient (Wildman–Crippen LogP) is 2.86. The fraction of sp³-hybridized carbons (Fsp3) is 0.562. The van der Waals surface area contributed by atoms with Crippen LogP contribution in [0, 0.1) is 0 Å². The smallest absolute Gasteiger partial charge is 0.390 e. The molecule has 5 nitrogen and oxygen atoms in total. The van der Waals surface area contributed by atoms with Crippen LogP contribution in [0.15, 0.2) is 23.2 Å². The lowest BCUT2D eigenvalue weighted by Gasteiger charge is -2.13. The molecular weight excluding hydrogens is 323 g/mol. The number of hydrogen-bond donors (Lipinski definition) is 2. The first kappa shape index (κ1) is 18.2. The average Bonchev–Trinajstić information content (AvgIpc) is 2.76. The normalized spacial score (nSPS) is 14.9. The molecule has 1 heterocycles. The molecule has 0 aromatic heterocycles. The quantitative estimate of drug-likeness (QED) is 0.636. The summed E-state index contributed by atoms with van der Waals surface area (Å²) in [7, 11) is 0. The van der Waals surface area contributed by atoms with E-state index in [-0.39, 0.29) is 6.54 Å². The van der Waals surface area contributed by atoms with E-state index in [0.717, 1.165) is 12.0 Å². The third-order valence-corrected chi connectivity index (χ3v) is 3.28. The fourth-order valence-corrected chi connectivity index (χ4v) is 2.14. The first-order valence-electron chi connectivity index (χ1n) is 7.95. The number of guanidine groups is 1. The minimum absolute atomic E-state index is 0.212. The Labute approximate surface area is 139 Å². The van der Waals surface area contributed by atoms with Gasteiger partial charge in [0.2, 0.25) is 0 Å². The van der Waals surface area contributed by atoms with Crippen LogP contribution in [0.4, 0.5) is 13.2 Å². The van der Waals surface area contributed by atoms with Crippen molar-refractivity contribution in [2.75, 3.05) is 26.3 Å². The summed E-state index contributed by atoms with van der Waals surface area (Å²) in [6.07, 6.45) is -4.25. The van der Waals surface area contributed by atoms with Crippen molar-refractivity contribution >= 4 is 5.96 Å². The Morgan fingerprint density at radius 3 is 2.62 bits per heavy atom. The largest absolute Gasteiger partial charge is 0.490 e. The van der Waals surface area contributed by atoms with Crippen molar-refractivity contribution in [1.29, 1.82) is 0 Å². The van der Waals surface area contributed by atoms with E-state index in [1.807, 2.05) is 25.1 Å². The van der Waals surface area contributed by atoms with E-state index in [4.69, 9.17) is 9.47 Å². The van der Waals surface area contributed by atoms with E-state index >= 15 is 0 Å². The van der Waals surface area contributed by atoms with Crippen LogP contribution in [0.25, 0.3) is 0 Å². The Balaban J connectivity index is 1.96. The van der Waals surface area contributed by atoms with Gasteiger partial charge >= 0.3 is 6.18 Å². The van der Waals surface area contributed by atoms with Gasteiger partial charge in [-0.1, -0.05) is 6.07 Å². The van der Waals surface area contributed by atoms with Crippen molar-refractivity contribution in [2.45, 2.75) is 32.5 Å². The molecule has 0 atom stereocenters. The zero-order valence-electron chi connectivity index (χ0n) is 13.6. The second kappa shape index (κ2) is 8.65. The molecule has 1 aliphatic heterocycles. The van der Waals surface area contributed by atoms with E-state index in [0.29, 0.717) is 43.8 Å². The molecule has 1 aromatic carbocycles. The first-order chi connectivity index (χ1) is 11.5. The molecule has 0 unspecified atom stereocenters. The number of hydrogen-bond acceptors (Lipinski definition) is 3. The van der Waals surface area contributed by atoms with E-state index in [1.165, 1.54) is 0 Å². The lowest BCUT2D eigenvalue weighted by atomic mass is 10.2. The van der Waals surface area contributed by atoms with Gasteiger partial charge in [-0.05, 0) is 24.6 Å². The van der Waals surface area contributed by atoms with Crippen molar-refractivity contribution in [1.82, 2.24) is 10.6 Å². The third kappa shape index (κ3) is 6.17. The number of alkyl halides is 3. The summed E-state index contributed by atoms with van der Waals surface area (Å²) in [5, 5.41) is 5.61. The zero-order valence-corrected chi connectivity index (χ0v) is 13.6. The summed E-state index contributed by atoms with van der Waals surface area (Å²) >= 11 is 0.